The smallest absolute Gasteiger partial charge is 0.245 e. The van der Waals surface area contributed by atoms with E-state index in [1.165, 1.54) is 5.56 Å². The quantitative estimate of drug-likeness (QED) is 0.321. The van der Waals surface area contributed by atoms with Gasteiger partial charge in [-0.25, -0.2) is 17.9 Å². The number of aliphatic hydroxyl groups is 1. The Labute approximate surface area is 217 Å². The van der Waals surface area contributed by atoms with Crippen LogP contribution in [-0.4, -0.2) is 65.0 Å². The number of rotatable bonds is 8. The molecule has 10 heteroatoms. The highest BCUT2D eigenvalue weighted by atomic mass is 32.2. The Bertz CT molecular complexity index is 1480. The van der Waals surface area contributed by atoms with Gasteiger partial charge < -0.3 is 15.3 Å². The van der Waals surface area contributed by atoms with Gasteiger partial charge in [0, 0.05) is 23.5 Å². The van der Waals surface area contributed by atoms with E-state index in [1.807, 2.05) is 25.1 Å². The number of fused-ring (bicyclic) bond motifs is 1. The molecule has 1 atom stereocenters. The van der Waals surface area contributed by atoms with Gasteiger partial charge in [-0.3, -0.25) is 4.72 Å². The standard InChI is InChI=1S/C27H32N6O3S/c1-19(34)18-32-14-12-21(13-15-32)20-6-8-23(9-7-20)29-27-28-17-25-10-11-26(33(25)30-27)22-4-3-5-24(16-22)31-37(2,35)36/h3-11,16-17,19,21,31,34H,12-15,18H2,1-2H3,(H,29,30)/t19-/m0/s1. The largest absolute Gasteiger partial charge is 0.392 e. The number of benzene rings is 2. The summed E-state index contributed by atoms with van der Waals surface area (Å²) >= 11 is 0. The van der Waals surface area contributed by atoms with Crippen LogP contribution in [0.2, 0.25) is 0 Å². The zero-order valence-electron chi connectivity index (χ0n) is 21.0. The predicted octanol–water partition coefficient (Wildman–Crippen LogP) is 4.07. The number of sulfonamides is 1. The van der Waals surface area contributed by atoms with Gasteiger partial charge in [-0.2, -0.15) is 0 Å². The summed E-state index contributed by atoms with van der Waals surface area (Å²) < 4.78 is 27.6. The molecule has 4 aromatic rings. The van der Waals surface area contributed by atoms with Crippen LogP contribution in [0.25, 0.3) is 16.8 Å². The maximum atomic E-state index is 11.6. The van der Waals surface area contributed by atoms with Crippen LogP contribution in [-0.2, 0) is 10.0 Å². The third-order valence-electron chi connectivity index (χ3n) is 6.61. The molecule has 1 aliphatic heterocycles. The lowest BCUT2D eigenvalue weighted by Crippen LogP contribution is -2.37. The van der Waals surface area contributed by atoms with Crippen LogP contribution in [0.1, 0.15) is 31.2 Å². The van der Waals surface area contributed by atoms with Crippen molar-refractivity contribution in [1.82, 2.24) is 19.5 Å². The van der Waals surface area contributed by atoms with Crippen molar-refractivity contribution in [2.75, 3.05) is 35.9 Å². The van der Waals surface area contributed by atoms with E-state index >= 15 is 0 Å². The predicted molar refractivity (Wildman–Crippen MR) is 147 cm³/mol. The molecule has 2 aromatic heterocycles. The van der Waals surface area contributed by atoms with Crippen molar-refractivity contribution in [2.45, 2.75) is 31.8 Å². The first-order valence-corrected chi connectivity index (χ1v) is 14.3. The van der Waals surface area contributed by atoms with Gasteiger partial charge in [-0.1, -0.05) is 24.3 Å². The number of hydrogen-bond acceptors (Lipinski definition) is 7. The Morgan fingerprint density at radius 3 is 2.51 bits per heavy atom. The topological polar surface area (TPSA) is 112 Å². The van der Waals surface area contributed by atoms with E-state index in [-0.39, 0.29) is 6.10 Å². The fourth-order valence-corrected chi connectivity index (χ4v) is 5.48. The molecule has 0 unspecified atom stereocenters. The molecular weight excluding hydrogens is 488 g/mol. The number of nitrogens with one attached hydrogen (secondary N) is 2. The van der Waals surface area contributed by atoms with E-state index in [9.17, 15) is 13.5 Å². The average molecular weight is 521 g/mol. The van der Waals surface area contributed by atoms with E-state index in [0.29, 0.717) is 17.6 Å². The Hall–Kier alpha value is -3.47. The van der Waals surface area contributed by atoms with Crippen LogP contribution in [0.3, 0.4) is 0 Å². The summed E-state index contributed by atoms with van der Waals surface area (Å²) in [5.41, 5.74) is 5.23. The van der Waals surface area contributed by atoms with Crippen molar-refractivity contribution >= 4 is 32.9 Å². The molecule has 9 nitrogen and oxygen atoms in total. The molecule has 5 rings (SSSR count). The summed E-state index contributed by atoms with van der Waals surface area (Å²) in [6.07, 6.45) is 4.79. The summed E-state index contributed by atoms with van der Waals surface area (Å²) in [4.78, 5) is 6.79. The van der Waals surface area contributed by atoms with Crippen molar-refractivity contribution in [2.24, 2.45) is 0 Å². The molecule has 1 saturated heterocycles. The highest BCUT2D eigenvalue weighted by Crippen LogP contribution is 2.30. The second-order valence-electron chi connectivity index (χ2n) is 9.76. The van der Waals surface area contributed by atoms with E-state index in [1.54, 1.807) is 28.9 Å². The van der Waals surface area contributed by atoms with Gasteiger partial charge in [-0.15, -0.1) is 5.10 Å². The molecule has 0 spiro atoms. The van der Waals surface area contributed by atoms with Crippen LogP contribution in [0, 0.1) is 0 Å². The highest BCUT2D eigenvalue weighted by molar-refractivity contribution is 7.92. The van der Waals surface area contributed by atoms with Gasteiger partial charge in [0.05, 0.1) is 29.8 Å². The summed E-state index contributed by atoms with van der Waals surface area (Å²) in [7, 11) is -3.37. The number of β-amino-alcohol motifs (C(OH)–C–C–N with tert-alkyl or cyclic N) is 1. The number of anilines is 3. The van der Waals surface area contributed by atoms with Gasteiger partial charge >= 0.3 is 0 Å². The molecule has 37 heavy (non-hydrogen) atoms. The van der Waals surface area contributed by atoms with E-state index in [2.05, 4.69) is 49.3 Å². The first-order valence-electron chi connectivity index (χ1n) is 12.4. The van der Waals surface area contributed by atoms with Crippen molar-refractivity contribution < 1.29 is 13.5 Å². The Morgan fingerprint density at radius 2 is 1.81 bits per heavy atom. The third kappa shape index (κ3) is 6.27. The van der Waals surface area contributed by atoms with Gasteiger partial charge in [0.25, 0.3) is 0 Å². The lowest BCUT2D eigenvalue weighted by Gasteiger charge is -2.32. The van der Waals surface area contributed by atoms with Crippen molar-refractivity contribution in [3.05, 3.63) is 72.4 Å². The highest BCUT2D eigenvalue weighted by Gasteiger charge is 2.21. The second-order valence-corrected chi connectivity index (χ2v) is 11.5. The second kappa shape index (κ2) is 10.5. The number of nitrogens with zero attached hydrogens (tertiary/aromatic N) is 4. The fourth-order valence-electron chi connectivity index (χ4n) is 4.92. The molecule has 3 heterocycles. The summed E-state index contributed by atoms with van der Waals surface area (Å²) in [6.45, 7) is 4.60. The SMILES string of the molecule is C[C@H](O)CN1CCC(c2ccc(Nc3ncc4ccc(-c5cccc(NS(C)(=O)=O)c5)n4n3)cc2)CC1. The molecule has 1 aliphatic rings. The molecule has 1 fully saturated rings. The summed E-state index contributed by atoms with van der Waals surface area (Å²) in [5, 5.41) is 17.6. The maximum Gasteiger partial charge on any atom is 0.245 e. The Kier molecular flexibility index (Phi) is 7.14. The molecule has 194 valence electrons. The first kappa shape index (κ1) is 25.2. The van der Waals surface area contributed by atoms with Gasteiger partial charge in [0.2, 0.25) is 16.0 Å². The molecular formula is C27H32N6O3S. The van der Waals surface area contributed by atoms with Crippen LogP contribution < -0.4 is 10.0 Å². The summed E-state index contributed by atoms with van der Waals surface area (Å²) in [6, 6.07) is 19.5. The molecule has 0 amide bonds. The number of likely N-dealkylation sites (tertiary alicyclic amines) is 1. The molecule has 3 N–H and O–H groups in total. The average Bonchev–Trinajstić information content (AvgIpc) is 3.27. The van der Waals surface area contributed by atoms with E-state index in [0.717, 1.165) is 61.2 Å². The van der Waals surface area contributed by atoms with Gasteiger partial charge in [-0.05, 0) is 80.7 Å². The number of aromatic nitrogens is 3. The Morgan fingerprint density at radius 1 is 1.05 bits per heavy atom. The van der Waals surface area contributed by atoms with Gasteiger partial charge in [0.15, 0.2) is 0 Å². The number of piperidine rings is 1. The summed E-state index contributed by atoms with van der Waals surface area (Å²) in [5.74, 6) is 0.997. The molecule has 0 radical (unpaired) electrons. The molecule has 0 bridgehead atoms. The lowest BCUT2D eigenvalue weighted by molar-refractivity contribution is 0.109. The molecule has 2 aromatic carbocycles. The zero-order valence-corrected chi connectivity index (χ0v) is 21.8. The minimum absolute atomic E-state index is 0.284. The van der Waals surface area contributed by atoms with Crippen molar-refractivity contribution in [1.29, 1.82) is 0 Å². The molecule has 0 saturated carbocycles. The minimum Gasteiger partial charge on any atom is -0.392 e. The van der Waals surface area contributed by atoms with Gasteiger partial charge in [0.1, 0.15) is 0 Å². The lowest BCUT2D eigenvalue weighted by atomic mass is 9.89. The number of hydrogen-bond donors (Lipinski definition) is 3. The monoisotopic (exact) mass is 520 g/mol. The Balaban J connectivity index is 1.30. The van der Waals surface area contributed by atoms with Crippen molar-refractivity contribution in [3.8, 4) is 11.3 Å². The van der Waals surface area contributed by atoms with Crippen LogP contribution in [0.5, 0.6) is 0 Å². The maximum absolute atomic E-state index is 11.6. The van der Waals surface area contributed by atoms with E-state index in [4.69, 9.17) is 0 Å². The zero-order chi connectivity index (χ0) is 26.0. The molecule has 0 aliphatic carbocycles. The van der Waals surface area contributed by atoms with Crippen molar-refractivity contribution in [3.63, 3.8) is 0 Å². The third-order valence-corrected chi connectivity index (χ3v) is 7.21. The van der Waals surface area contributed by atoms with Crippen LogP contribution in [0.15, 0.2) is 66.9 Å². The first-order chi connectivity index (χ1) is 17.7. The normalized spacial score (nSPS) is 16.1. The fraction of sp³-hybridized carbons (Fsp3) is 0.333. The van der Waals surface area contributed by atoms with E-state index < -0.39 is 10.0 Å². The number of aliphatic hydroxyl groups excluding tert-OH is 1. The van der Waals surface area contributed by atoms with Crippen LogP contribution in [0.4, 0.5) is 17.3 Å². The minimum atomic E-state index is -3.37. The van der Waals surface area contributed by atoms with Crippen LogP contribution >= 0.6 is 0 Å².